The van der Waals surface area contributed by atoms with Crippen molar-refractivity contribution in [2.24, 2.45) is 0 Å². The van der Waals surface area contributed by atoms with Gasteiger partial charge in [0.1, 0.15) is 5.82 Å². The van der Waals surface area contributed by atoms with Gasteiger partial charge in [-0.15, -0.1) is 26.6 Å². The molecule has 9 nitrogen and oxygen atoms in total. The van der Waals surface area contributed by atoms with Crippen LogP contribution in [0.25, 0.3) is 22.5 Å². The molecule has 9 heteroatoms. The van der Waals surface area contributed by atoms with Crippen LogP contribution in [0.4, 0.5) is 0 Å². The molecule has 0 saturated carbocycles. The molecule has 2 aromatic heterocycles. The number of hydrogen-bond donors (Lipinski definition) is 1. The lowest BCUT2D eigenvalue weighted by Crippen LogP contribution is -2.30. The maximum Gasteiger partial charge on any atom is 0.353 e. The molecule has 0 fully saturated rings. The van der Waals surface area contributed by atoms with Gasteiger partial charge in [0.2, 0.25) is 5.82 Å². The first-order valence-electron chi connectivity index (χ1n) is 11.4. The fourth-order valence-corrected chi connectivity index (χ4v) is 3.79. The Morgan fingerprint density at radius 1 is 1.12 bits per heavy atom. The molecule has 4 aromatic rings. The zero-order valence-corrected chi connectivity index (χ0v) is 19.1. The standard InChI is InChI=1S/C25H27N7O2/c1-3-5-11-22-28-32(23(33)12-6-4-2)25(34)31(22)17-18-13-15-19(16-14-18)20-9-7-8-10-21(20)24-26-29-30-27-24/h3,7-10,13-16H,1,4-6,11-12,17H2,2H3,(H,26,27,29,30). The Labute approximate surface area is 197 Å². The number of tetrazole rings is 1. The number of nitrogens with zero attached hydrogens (tertiary/aromatic N) is 6. The molecule has 0 aliphatic carbocycles. The lowest BCUT2D eigenvalue weighted by molar-refractivity contribution is 0.0878. The Balaban J connectivity index is 1.62. The zero-order valence-electron chi connectivity index (χ0n) is 19.1. The fraction of sp³-hybridized carbons (Fsp3) is 0.280. The summed E-state index contributed by atoms with van der Waals surface area (Å²) in [6.45, 7) is 6.10. The smallest absolute Gasteiger partial charge is 0.274 e. The first-order chi connectivity index (χ1) is 16.6. The Morgan fingerprint density at radius 2 is 1.88 bits per heavy atom. The number of rotatable bonds is 10. The van der Waals surface area contributed by atoms with Crippen molar-refractivity contribution in [2.75, 3.05) is 0 Å². The summed E-state index contributed by atoms with van der Waals surface area (Å²) in [5, 5.41) is 18.7. The maximum atomic E-state index is 13.0. The second-order valence-electron chi connectivity index (χ2n) is 8.00. The highest BCUT2D eigenvalue weighted by Crippen LogP contribution is 2.29. The third kappa shape index (κ3) is 4.93. The summed E-state index contributed by atoms with van der Waals surface area (Å²) in [5.41, 5.74) is 3.39. The van der Waals surface area contributed by atoms with Crippen LogP contribution in [0.15, 0.2) is 66.0 Å². The van der Waals surface area contributed by atoms with Gasteiger partial charge in [0.15, 0.2) is 0 Å². The van der Waals surface area contributed by atoms with Crippen LogP contribution in [0.2, 0.25) is 0 Å². The second-order valence-corrected chi connectivity index (χ2v) is 8.00. The van der Waals surface area contributed by atoms with E-state index in [1.807, 2.05) is 55.5 Å². The van der Waals surface area contributed by atoms with Gasteiger partial charge in [0, 0.05) is 18.4 Å². The summed E-state index contributed by atoms with van der Waals surface area (Å²) < 4.78 is 2.60. The van der Waals surface area contributed by atoms with Crippen molar-refractivity contribution >= 4 is 5.91 Å². The molecule has 4 rings (SSSR count). The topological polar surface area (TPSA) is 111 Å². The summed E-state index contributed by atoms with van der Waals surface area (Å²) in [6.07, 6.45) is 4.92. The number of aryl methyl sites for hydroxylation is 1. The number of aromatic nitrogens is 7. The predicted molar refractivity (Wildman–Crippen MR) is 129 cm³/mol. The number of carbonyl (C=O) groups is 1. The van der Waals surface area contributed by atoms with Crippen LogP contribution in [0.1, 0.15) is 48.8 Å². The molecule has 0 radical (unpaired) electrons. The monoisotopic (exact) mass is 457 g/mol. The van der Waals surface area contributed by atoms with Crippen molar-refractivity contribution in [2.45, 2.75) is 45.6 Å². The van der Waals surface area contributed by atoms with Crippen LogP contribution in [0, 0.1) is 0 Å². The van der Waals surface area contributed by atoms with E-state index in [1.165, 1.54) is 0 Å². The number of H-pyrrole nitrogens is 1. The SMILES string of the molecule is C=CCCc1nn(C(=O)CCCC)c(=O)n1Cc1ccc(-c2ccccc2-c2nn[nH]n2)cc1. The minimum absolute atomic E-state index is 0.265. The van der Waals surface area contributed by atoms with Crippen molar-refractivity contribution < 1.29 is 4.79 Å². The van der Waals surface area contributed by atoms with Gasteiger partial charge in [0.05, 0.1) is 6.54 Å². The Bertz CT molecular complexity index is 1320. The van der Waals surface area contributed by atoms with E-state index in [9.17, 15) is 9.59 Å². The van der Waals surface area contributed by atoms with Gasteiger partial charge < -0.3 is 0 Å². The number of carbonyl (C=O) groups excluding carboxylic acids is 1. The van der Waals surface area contributed by atoms with Gasteiger partial charge in [0.25, 0.3) is 5.91 Å². The normalized spacial score (nSPS) is 11.0. The highest BCUT2D eigenvalue weighted by atomic mass is 16.2. The first kappa shape index (κ1) is 23.0. The van der Waals surface area contributed by atoms with Gasteiger partial charge in [-0.2, -0.15) is 5.21 Å². The van der Waals surface area contributed by atoms with Crippen LogP contribution in [-0.2, 0) is 13.0 Å². The van der Waals surface area contributed by atoms with E-state index >= 15 is 0 Å². The average molecular weight is 458 g/mol. The van der Waals surface area contributed by atoms with E-state index in [1.54, 1.807) is 10.6 Å². The van der Waals surface area contributed by atoms with E-state index in [0.29, 0.717) is 37.5 Å². The molecule has 1 N–H and O–H groups in total. The molecular formula is C25H27N7O2. The highest BCUT2D eigenvalue weighted by Gasteiger charge is 2.18. The van der Waals surface area contributed by atoms with Gasteiger partial charge in [-0.1, -0.05) is 68.0 Å². The van der Waals surface area contributed by atoms with Crippen molar-refractivity contribution in [1.82, 2.24) is 35.0 Å². The van der Waals surface area contributed by atoms with Gasteiger partial charge in [-0.3, -0.25) is 9.36 Å². The van der Waals surface area contributed by atoms with E-state index in [-0.39, 0.29) is 5.91 Å². The molecule has 2 aromatic carbocycles. The summed E-state index contributed by atoms with van der Waals surface area (Å²) in [7, 11) is 0. The summed E-state index contributed by atoms with van der Waals surface area (Å²) >= 11 is 0. The van der Waals surface area contributed by atoms with Crippen molar-refractivity contribution in [3.63, 3.8) is 0 Å². The van der Waals surface area contributed by atoms with E-state index in [2.05, 4.69) is 32.3 Å². The van der Waals surface area contributed by atoms with Crippen LogP contribution < -0.4 is 5.69 Å². The number of unbranched alkanes of at least 4 members (excludes halogenated alkanes) is 1. The predicted octanol–water partition coefficient (Wildman–Crippen LogP) is 3.89. The van der Waals surface area contributed by atoms with Gasteiger partial charge in [-0.25, -0.2) is 4.79 Å². The van der Waals surface area contributed by atoms with Gasteiger partial charge in [-0.05, 0) is 34.7 Å². The van der Waals surface area contributed by atoms with Crippen molar-refractivity contribution in [3.8, 4) is 22.5 Å². The van der Waals surface area contributed by atoms with Crippen LogP contribution in [0.3, 0.4) is 0 Å². The summed E-state index contributed by atoms with van der Waals surface area (Å²) in [6, 6.07) is 15.8. The lowest BCUT2D eigenvalue weighted by atomic mass is 9.98. The second kappa shape index (κ2) is 10.7. The number of benzene rings is 2. The van der Waals surface area contributed by atoms with E-state index in [0.717, 1.165) is 39.8 Å². The fourth-order valence-electron chi connectivity index (χ4n) is 3.79. The number of nitrogens with one attached hydrogen (secondary N) is 1. The molecule has 0 spiro atoms. The third-order valence-electron chi connectivity index (χ3n) is 5.61. The number of allylic oxidation sites excluding steroid dienone is 1. The maximum absolute atomic E-state index is 13.0. The minimum atomic E-state index is -0.397. The highest BCUT2D eigenvalue weighted by molar-refractivity contribution is 5.80. The number of aromatic amines is 1. The quantitative estimate of drug-likeness (QED) is 0.362. The average Bonchev–Trinajstić information content (AvgIpc) is 3.51. The Morgan fingerprint density at radius 3 is 2.56 bits per heavy atom. The van der Waals surface area contributed by atoms with Crippen LogP contribution in [0.5, 0.6) is 0 Å². The van der Waals surface area contributed by atoms with Crippen LogP contribution in [-0.4, -0.2) is 40.9 Å². The molecule has 2 heterocycles. The van der Waals surface area contributed by atoms with Crippen molar-refractivity contribution in [3.05, 3.63) is 83.1 Å². The zero-order chi connectivity index (χ0) is 23.9. The summed E-state index contributed by atoms with van der Waals surface area (Å²) in [5.74, 6) is 0.846. The summed E-state index contributed by atoms with van der Waals surface area (Å²) in [4.78, 5) is 25.5. The molecule has 0 amide bonds. The molecule has 0 saturated heterocycles. The molecule has 0 aliphatic rings. The van der Waals surface area contributed by atoms with Gasteiger partial charge >= 0.3 is 5.69 Å². The lowest BCUT2D eigenvalue weighted by Gasteiger charge is -2.09. The minimum Gasteiger partial charge on any atom is -0.274 e. The molecule has 174 valence electrons. The van der Waals surface area contributed by atoms with E-state index in [4.69, 9.17) is 0 Å². The van der Waals surface area contributed by atoms with Crippen molar-refractivity contribution in [1.29, 1.82) is 0 Å². The third-order valence-corrected chi connectivity index (χ3v) is 5.61. The Kier molecular flexibility index (Phi) is 7.22. The largest absolute Gasteiger partial charge is 0.353 e. The molecule has 0 unspecified atom stereocenters. The number of hydrogen-bond acceptors (Lipinski definition) is 6. The molecular weight excluding hydrogens is 430 g/mol. The molecule has 0 aliphatic heterocycles. The first-order valence-corrected chi connectivity index (χ1v) is 11.4. The van der Waals surface area contributed by atoms with E-state index < -0.39 is 5.69 Å². The van der Waals surface area contributed by atoms with Crippen LogP contribution >= 0.6 is 0 Å². The Hall–Kier alpha value is -4.14. The molecule has 0 atom stereocenters. The molecule has 34 heavy (non-hydrogen) atoms. The molecule has 0 bridgehead atoms.